The highest BCUT2D eigenvalue weighted by atomic mass is 16.4. The quantitative estimate of drug-likeness (QED) is 0.577. The lowest BCUT2D eigenvalue weighted by molar-refractivity contribution is -0.140. The van der Waals surface area contributed by atoms with Crippen molar-refractivity contribution in [3.8, 4) is 0 Å². The highest BCUT2D eigenvalue weighted by molar-refractivity contribution is 5.68. The molecule has 0 aromatic rings. The van der Waals surface area contributed by atoms with Crippen molar-refractivity contribution < 1.29 is 39.6 Å². The molecule has 0 unspecified atom stereocenters. The highest BCUT2D eigenvalue weighted by Crippen LogP contribution is 1.91. The van der Waals surface area contributed by atoms with Gasteiger partial charge in [-0.25, -0.2) is 0 Å². The van der Waals surface area contributed by atoms with Crippen LogP contribution in [0.5, 0.6) is 0 Å². The van der Waals surface area contributed by atoms with Gasteiger partial charge in [0.15, 0.2) is 0 Å². The first-order valence-corrected chi connectivity index (χ1v) is 7.28. The van der Waals surface area contributed by atoms with Crippen molar-refractivity contribution in [2.45, 2.75) is 66.7 Å². The lowest BCUT2D eigenvalue weighted by atomic mass is 10.2. The number of carboxylic acids is 4. The van der Waals surface area contributed by atoms with Gasteiger partial charge in [-0.05, 0) is 12.8 Å². The number of hydrogen-bond donors (Lipinski definition) is 4. The molecule has 0 saturated heterocycles. The molecule has 0 saturated carbocycles. The van der Waals surface area contributed by atoms with E-state index in [1.807, 2.05) is 13.8 Å². The van der Waals surface area contributed by atoms with Gasteiger partial charge in [0, 0.05) is 19.8 Å². The van der Waals surface area contributed by atoms with Crippen LogP contribution in [0.3, 0.4) is 0 Å². The number of aliphatic carboxylic acids is 4. The molecule has 4 N–H and O–H groups in total. The van der Waals surface area contributed by atoms with Crippen LogP contribution >= 0.6 is 0 Å². The number of hydrogen-bond acceptors (Lipinski definition) is 4. The molecule has 0 aliphatic heterocycles. The van der Waals surface area contributed by atoms with Crippen molar-refractivity contribution in [3.63, 3.8) is 0 Å². The molecule has 0 aliphatic rings. The third kappa shape index (κ3) is 80.6. The van der Waals surface area contributed by atoms with Crippen molar-refractivity contribution in [2.24, 2.45) is 5.92 Å². The van der Waals surface area contributed by atoms with E-state index in [9.17, 15) is 14.4 Å². The SMILES string of the molecule is CC(=O)O.CC(C)C(=O)O.CCCC(=O)O.CCCCC(=O)O. The first-order chi connectivity index (χ1) is 10.4. The second-order valence-corrected chi connectivity index (χ2v) is 4.65. The van der Waals surface area contributed by atoms with Gasteiger partial charge >= 0.3 is 17.9 Å². The van der Waals surface area contributed by atoms with E-state index in [-0.39, 0.29) is 5.92 Å². The van der Waals surface area contributed by atoms with E-state index in [1.54, 1.807) is 13.8 Å². The molecule has 23 heavy (non-hydrogen) atoms. The van der Waals surface area contributed by atoms with Gasteiger partial charge in [-0.15, -0.1) is 0 Å². The van der Waals surface area contributed by atoms with Crippen LogP contribution in [0.2, 0.25) is 0 Å². The molecule has 0 aliphatic carbocycles. The second kappa shape index (κ2) is 22.2. The van der Waals surface area contributed by atoms with Gasteiger partial charge in [-0.2, -0.15) is 0 Å². The maximum absolute atomic E-state index is 9.76. The molecule has 138 valence electrons. The van der Waals surface area contributed by atoms with Crippen LogP contribution in [0.4, 0.5) is 0 Å². The molecule has 0 heterocycles. The number of carboxylic acid groups (broad SMARTS) is 4. The molecule has 0 atom stereocenters. The Bertz CT molecular complexity index is 319. The minimum Gasteiger partial charge on any atom is -0.481 e. The van der Waals surface area contributed by atoms with E-state index in [1.165, 1.54) is 0 Å². The van der Waals surface area contributed by atoms with Crippen LogP contribution in [0, 0.1) is 5.92 Å². The Morgan fingerprint density at radius 1 is 0.783 bits per heavy atom. The van der Waals surface area contributed by atoms with Crippen molar-refractivity contribution in [3.05, 3.63) is 0 Å². The van der Waals surface area contributed by atoms with Crippen molar-refractivity contribution in [1.82, 2.24) is 0 Å². The Kier molecular flexibility index (Phi) is 27.9. The summed E-state index contributed by atoms with van der Waals surface area (Å²) >= 11 is 0. The van der Waals surface area contributed by atoms with E-state index in [4.69, 9.17) is 25.2 Å². The average molecular weight is 338 g/mol. The molecule has 0 aromatic carbocycles. The van der Waals surface area contributed by atoms with E-state index in [2.05, 4.69) is 0 Å². The predicted molar refractivity (Wildman–Crippen MR) is 85.5 cm³/mol. The number of unbranched alkanes of at least 4 members (excludes halogenated alkanes) is 1. The zero-order valence-electron chi connectivity index (χ0n) is 14.5. The topological polar surface area (TPSA) is 149 Å². The third-order valence-electron chi connectivity index (χ3n) is 1.70. The van der Waals surface area contributed by atoms with Crippen LogP contribution in [0.25, 0.3) is 0 Å². The van der Waals surface area contributed by atoms with Crippen LogP contribution < -0.4 is 0 Å². The Balaban J connectivity index is -0.000000107. The third-order valence-corrected chi connectivity index (χ3v) is 1.70. The maximum Gasteiger partial charge on any atom is 0.305 e. The van der Waals surface area contributed by atoms with Gasteiger partial charge in [0.05, 0.1) is 5.92 Å². The predicted octanol–water partition coefficient (Wildman–Crippen LogP) is 2.95. The minimum absolute atomic E-state index is 0.231. The fourth-order valence-electron chi connectivity index (χ4n) is 0.542. The molecular weight excluding hydrogens is 308 g/mol. The molecule has 0 fully saturated rings. The van der Waals surface area contributed by atoms with Crippen molar-refractivity contribution in [1.29, 1.82) is 0 Å². The summed E-state index contributed by atoms with van der Waals surface area (Å²) in [6.07, 6.45) is 3.10. The second-order valence-electron chi connectivity index (χ2n) is 4.65. The fourth-order valence-corrected chi connectivity index (χ4v) is 0.542. The molecule has 0 aromatic heterocycles. The summed E-state index contributed by atoms with van der Waals surface area (Å²) in [6, 6.07) is 0. The summed E-state index contributed by atoms with van der Waals surface area (Å²) in [7, 11) is 0. The zero-order valence-corrected chi connectivity index (χ0v) is 14.5. The summed E-state index contributed by atoms with van der Waals surface area (Å²) in [4.78, 5) is 38.1. The molecule has 8 heteroatoms. The summed E-state index contributed by atoms with van der Waals surface area (Å²) < 4.78 is 0. The van der Waals surface area contributed by atoms with E-state index in [0.717, 1.165) is 26.2 Å². The van der Waals surface area contributed by atoms with E-state index in [0.29, 0.717) is 12.8 Å². The lowest BCUT2D eigenvalue weighted by Crippen LogP contribution is -2.03. The zero-order chi connectivity index (χ0) is 19.4. The van der Waals surface area contributed by atoms with Crippen LogP contribution in [0.15, 0.2) is 0 Å². The van der Waals surface area contributed by atoms with Crippen molar-refractivity contribution in [2.75, 3.05) is 0 Å². The molecule has 0 rings (SSSR count). The van der Waals surface area contributed by atoms with Crippen LogP contribution in [0.1, 0.15) is 66.7 Å². The summed E-state index contributed by atoms with van der Waals surface area (Å²) in [5.74, 6) is -3.21. The van der Waals surface area contributed by atoms with Crippen LogP contribution in [-0.2, 0) is 19.2 Å². The molecule has 8 nitrogen and oxygen atoms in total. The monoisotopic (exact) mass is 338 g/mol. The Labute approximate surface area is 137 Å². The van der Waals surface area contributed by atoms with Crippen molar-refractivity contribution >= 4 is 23.9 Å². The average Bonchev–Trinajstić information content (AvgIpc) is 2.36. The van der Waals surface area contributed by atoms with E-state index < -0.39 is 23.9 Å². The molecular formula is C15H30O8. The van der Waals surface area contributed by atoms with E-state index >= 15 is 0 Å². The largest absolute Gasteiger partial charge is 0.481 e. The number of carbonyl (C=O) groups is 4. The first-order valence-electron chi connectivity index (χ1n) is 7.28. The van der Waals surface area contributed by atoms with Gasteiger partial charge in [-0.1, -0.05) is 34.1 Å². The lowest BCUT2D eigenvalue weighted by Gasteiger charge is -1.89. The maximum atomic E-state index is 9.76. The minimum atomic E-state index is -0.833. The fraction of sp³-hybridized carbons (Fsp3) is 0.733. The summed E-state index contributed by atoms with van der Waals surface area (Å²) in [5, 5.41) is 31.4. The Hall–Kier alpha value is -2.12. The highest BCUT2D eigenvalue weighted by Gasteiger charge is 1.99. The summed E-state index contributed by atoms with van der Waals surface area (Å²) in [5.41, 5.74) is 0. The number of rotatable bonds is 6. The molecule has 0 radical (unpaired) electrons. The normalized spacial score (nSPS) is 8.26. The van der Waals surface area contributed by atoms with Gasteiger partial charge < -0.3 is 20.4 Å². The van der Waals surface area contributed by atoms with Gasteiger partial charge in [-0.3, -0.25) is 19.2 Å². The smallest absolute Gasteiger partial charge is 0.305 e. The molecule has 0 bridgehead atoms. The Morgan fingerprint density at radius 2 is 1.09 bits per heavy atom. The standard InChI is InChI=1S/C5H10O2.2C4H8O2.C2H4O2/c1-2-3-4-5(6)7;1-3(2)4(5)6;1-2-3-4(5)6;1-2(3)4/h2-4H2,1H3,(H,6,7);3H,1-2H3,(H,5,6);2-3H2,1H3,(H,5,6);1H3,(H,3,4). The van der Waals surface area contributed by atoms with Gasteiger partial charge in [0.1, 0.15) is 0 Å². The first kappa shape index (κ1) is 29.0. The Morgan fingerprint density at radius 3 is 1.13 bits per heavy atom. The van der Waals surface area contributed by atoms with Gasteiger partial charge in [0.2, 0.25) is 0 Å². The van der Waals surface area contributed by atoms with Crippen LogP contribution in [-0.4, -0.2) is 44.3 Å². The molecule has 0 amide bonds. The summed E-state index contributed by atoms with van der Waals surface area (Å²) in [6.45, 7) is 8.18. The van der Waals surface area contributed by atoms with Gasteiger partial charge in [0.25, 0.3) is 5.97 Å². The molecule has 0 spiro atoms.